The van der Waals surface area contributed by atoms with Gasteiger partial charge in [-0.3, -0.25) is 14.4 Å². The maximum absolute atomic E-state index is 13.5. The van der Waals surface area contributed by atoms with Gasteiger partial charge in [0.2, 0.25) is 5.91 Å². The van der Waals surface area contributed by atoms with Crippen LogP contribution in [0.5, 0.6) is 0 Å². The summed E-state index contributed by atoms with van der Waals surface area (Å²) in [5, 5.41) is 13.2. The lowest BCUT2D eigenvalue weighted by molar-refractivity contribution is -0.142. The van der Waals surface area contributed by atoms with Crippen LogP contribution in [0.1, 0.15) is 55.6 Å². The number of carboxylic acid groups (broad SMARTS) is 1. The number of nitrogens with zero attached hydrogens (tertiary/aromatic N) is 2. The van der Waals surface area contributed by atoms with E-state index in [2.05, 4.69) is 12.2 Å². The predicted molar refractivity (Wildman–Crippen MR) is 137 cm³/mol. The number of hydrogen-bond donors (Lipinski definition) is 2. The molecule has 0 saturated heterocycles. The summed E-state index contributed by atoms with van der Waals surface area (Å²) < 4.78 is 1.79. The molecule has 2 N–H and O–H groups in total. The fourth-order valence-corrected chi connectivity index (χ4v) is 4.98. The van der Waals surface area contributed by atoms with Gasteiger partial charge < -0.3 is 19.9 Å². The minimum absolute atomic E-state index is 0.0478. The molecule has 1 aromatic heterocycles. The van der Waals surface area contributed by atoms with E-state index in [0.29, 0.717) is 37.9 Å². The van der Waals surface area contributed by atoms with Gasteiger partial charge in [0.25, 0.3) is 5.91 Å². The van der Waals surface area contributed by atoms with Crippen LogP contribution in [0.3, 0.4) is 0 Å². The van der Waals surface area contributed by atoms with Gasteiger partial charge in [0, 0.05) is 29.2 Å². The van der Waals surface area contributed by atoms with Gasteiger partial charge in [0.1, 0.15) is 12.2 Å². The highest BCUT2D eigenvalue weighted by molar-refractivity contribution is 6.01. The maximum atomic E-state index is 13.5. The van der Waals surface area contributed by atoms with Crippen LogP contribution in [-0.4, -0.2) is 40.0 Å². The van der Waals surface area contributed by atoms with Gasteiger partial charge in [-0.1, -0.05) is 37.3 Å². The molecule has 1 heterocycles. The third-order valence-electron chi connectivity index (χ3n) is 7.00. The molecule has 35 heavy (non-hydrogen) atoms. The number of hydrogen-bond acceptors (Lipinski definition) is 3. The number of aromatic nitrogens is 1. The van der Waals surface area contributed by atoms with Crippen LogP contribution in [0.4, 0.5) is 5.69 Å². The molecule has 3 aromatic rings. The van der Waals surface area contributed by atoms with E-state index in [-0.39, 0.29) is 30.3 Å². The predicted octanol–water partition coefficient (Wildman–Crippen LogP) is 4.63. The average molecular weight is 476 g/mol. The first kappa shape index (κ1) is 24.5. The number of anilines is 1. The lowest BCUT2D eigenvalue weighted by Crippen LogP contribution is -2.40. The normalized spacial score (nSPS) is 17.8. The minimum atomic E-state index is -0.765. The van der Waals surface area contributed by atoms with Crippen LogP contribution in [0.2, 0.25) is 0 Å². The first-order chi connectivity index (χ1) is 16.9. The van der Waals surface area contributed by atoms with E-state index in [1.165, 1.54) is 0 Å². The number of carbonyl (C=O) groups is 3. The van der Waals surface area contributed by atoms with Crippen LogP contribution >= 0.6 is 0 Å². The minimum Gasteiger partial charge on any atom is -0.481 e. The van der Waals surface area contributed by atoms with Crippen LogP contribution in [-0.2, 0) is 22.6 Å². The first-order valence-corrected chi connectivity index (χ1v) is 12.4. The SMILES string of the molecule is CCc1cccc(N(CC)C(=O)Cn2c(C(=O)NC3CCC(C(=O)O)CC3)cc3ccccc32)c1. The Bertz CT molecular complexity index is 1220. The zero-order valence-electron chi connectivity index (χ0n) is 20.4. The summed E-state index contributed by atoms with van der Waals surface area (Å²) in [5.41, 5.74) is 3.30. The van der Waals surface area contributed by atoms with Gasteiger partial charge >= 0.3 is 5.97 Å². The van der Waals surface area contributed by atoms with Crippen molar-refractivity contribution in [1.29, 1.82) is 0 Å². The molecule has 2 aromatic carbocycles. The number of amides is 2. The van der Waals surface area contributed by atoms with Crippen LogP contribution in [0, 0.1) is 5.92 Å². The molecule has 7 heteroatoms. The second kappa shape index (κ2) is 10.8. The smallest absolute Gasteiger partial charge is 0.306 e. The van der Waals surface area contributed by atoms with Gasteiger partial charge in [-0.25, -0.2) is 0 Å². The average Bonchev–Trinajstić information content (AvgIpc) is 3.23. The number of benzene rings is 2. The van der Waals surface area contributed by atoms with Crippen molar-refractivity contribution in [1.82, 2.24) is 9.88 Å². The van der Waals surface area contributed by atoms with Gasteiger partial charge in [-0.2, -0.15) is 0 Å². The quantitative estimate of drug-likeness (QED) is 0.497. The van der Waals surface area contributed by atoms with E-state index in [1.807, 2.05) is 61.5 Å². The van der Waals surface area contributed by atoms with E-state index in [1.54, 1.807) is 9.47 Å². The number of carboxylic acids is 1. The zero-order valence-corrected chi connectivity index (χ0v) is 20.4. The van der Waals surface area contributed by atoms with Crippen LogP contribution in [0.25, 0.3) is 10.9 Å². The highest BCUT2D eigenvalue weighted by Crippen LogP contribution is 2.26. The van der Waals surface area contributed by atoms with Gasteiger partial charge in [-0.05, 0) is 68.9 Å². The molecule has 0 radical (unpaired) electrons. The Hall–Kier alpha value is -3.61. The van der Waals surface area contributed by atoms with Crippen molar-refractivity contribution in [3.63, 3.8) is 0 Å². The lowest BCUT2D eigenvalue weighted by atomic mass is 9.86. The van der Waals surface area contributed by atoms with E-state index >= 15 is 0 Å². The van der Waals surface area contributed by atoms with Crippen molar-refractivity contribution < 1.29 is 19.5 Å². The Kier molecular flexibility index (Phi) is 7.54. The fraction of sp³-hybridized carbons (Fsp3) is 0.393. The molecule has 184 valence electrons. The molecular weight excluding hydrogens is 442 g/mol. The molecule has 0 bridgehead atoms. The second-order valence-corrected chi connectivity index (χ2v) is 9.20. The van der Waals surface area contributed by atoms with Crippen molar-refractivity contribution >= 4 is 34.4 Å². The topological polar surface area (TPSA) is 91.6 Å². The van der Waals surface area contributed by atoms with Gasteiger partial charge in [-0.15, -0.1) is 0 Å². The number of para-hydroxylation sites is 1. The summed E-state index contributed by atoms with van der Waals surface area (Å²) >= 11 is 0. The molecule has 0 spiro atoms. The largest absolute Gasteiger partial charge is 0.481 e. The highest BCUT2D eigenvalue weighted by Gasteiger charge is 2.28. The molecule has 0 aliphatic heterocycles. The second-order valence-electron chi connectivity index (χ2n) is 9.20. The van der Waals surface area contributed by atoms with Gasteiger partial charge in [0.05, 0.1) is 5.92 Å². The Morgan fingerprint density at radius 1 is 1.00 bits per heavy atom. The summed E-state index contributed by atoms with van der Waals surface area (Å²) in [4.78, 5) is 39.8. The molecular formula is C28H33N3O4. The Morgan fingerprint density at radius 2 is 1.74 bits per heavy atom. The van der Waals surface area contributed by atoms with E-state index < -0.39 is 5.97 Å². The summed E-state index contributed by atoms with van der Waals surface area (Å²) in [6.07, 6.45) is 3.28. The molecule has 1 saturated carbocycles. The number of aryl methyl sites for hydroxylation is 1. The summed E-state index contributed by atoms with van der Waals surface area (Å²) in [6, 6.07) is 17.4. The lowest BCUT2D eigenvalue weighted by Gasteiger charge is -2.27. The van der Waals surface area contributed by atoms with E-state index in [4.69, 9.17) is 0 Å². The molecule has 4 rings (SSSR count). The van der Waals surface area contributed by atoms with Crippen molar-refractivity contribution in [3.8, 4) is 0 Å². The van der Waals surface area contributed by atoms with Crippen molar-refractivity contribution in [3.05, 3.63) is 65.9 Å². The molecule has 1 aliphatic rings. The number of carbonyl (C=O) groups excluding carboxylic acids is 2. The zero-order chi connectivity index (χ0) is 24.9. The van der Waals surface area contributed by atoms with E-state index in [0.717, 1.165) is 28.6 Å². The summed E-state index contributed by atoms with van der Waals surface area (Å²) in [7, 11) is 0. The monoisotopic (exact) mass is 475 g/mol. The number of likely N-dealkylation sites (N-methyl/N-ethyl adjacent to an activating group) is 1. The molecule has 0 unspecified atom stereocenters. The number of nitrogens with one attached hydrogen (secondary N) is 1. The summed E-state index contributed by atoms with van der Waals surface area (Å²) in [6.45, 7) is 4.61. The van der Waals surface area contributed by atoms with Crippen molar-refractivity contribution in [2.45, 2.75) is 58.5 Å². The number of fused-ring (bicyclic) bond motifs is 1. The summed E-state index contributed by atoms with van der Waals surface area (Å²) in [5.74, 6) is -1.42. The van der Waals surface area contributed by atoms with Crippen molar-refractivity contribution in [2.75, 3.05) is 11.4 Å². The molecule has 1 fully saturated rings. The molecule has 2 amide bonds. The third kappa shape index (κ3) is 5.39. The van der Waals surface area contributed by atoms with E-state index in [9.17, 15) is 19.5 Å². The van der Waals surface area contributed by atoms with Crippen LogP contribution < -0.4 is 10.2 Å². The third-order valence-corrected chi connectivity index (χ3v) is 7.00. The number of rotatable bonds is 8. The molecule has 1 aliphatic carbocycles. The maximum Gasteiger partial charge on any atom is 0.306 e. The Balaban J connectivity index is 1.57. The number of aliphatic carboxylic acids is 1. The Labute approximate surface area is 205 Å². The Morgan fingerprint density at radius 3 is 2.43 bits per heavy atom. The highest BCUT2D eigenvalue weighted by atomic mass is 16.4. The van der Waals surface area contributed by atoms with Crippen molar-refractivity contribution in [2.24, 2.45) is 5.92 Å². The fourth-order valence-electron chi connectivity index (χ4n) is 4.98. The van der Waals surface area contributed by atoms with Crippen LogP contribution in [0.15, 0.2) is 54.6 Å². The molecule has 7 nitrogen and oxygen atoms in total. The first-order valence-electron chi connectivity index (χ1n) is 12.4. The standard InChI is InChI=1S/C28H33N3O4/c1-3-19-8-7-10-23(16-19)30(4-2)26(32)18-31-24-11-6-5-9-21(24)17-25(31)27(33)29-22-14-12-20(13-15-22)28(34)35/h5-11,16-17,20,22H,3-4,12-15,18H2,1-2H3,(H,29,33)(H,34,35). The van der Waals surface area contributed by atoms with Gasteiger partial charge in [0.15, 0.2) is 0 Å². The molecule has 0 atom stereocenters.